The molecule has 0 aliphatic rings. The zero-order chi connectivity index (χ0) is 85.5. The SMILES string of the molecule is C.C.C.C.CC(=O)c1ccc(Cc2ncc(C(F)(F)F)c(C#Cc3ccccc3CC(N)=O)n2)cn1.CC(=O)c1ccc(Cc2ncc(C(F)(F)F)c(CCc3ccccc3CC(N)=O)n2)cn1.CC(=O)c1ccc(Cc2ncc(C(F)(F)F)c(Cl)n2)cn1.CC(N)c1ccc(Cc2ncc(C(F)(F)F)c(CCc3ccccc3CC(N)=O)n2)cn1. The van der Waals surface area contributed by atoms with Crippen LogP contribution in [0.25, 0.3) is 0 Å². The second kappa shape index (κ2) is 45.2. The number of halogens is 13. The van der Waals surface area contributed by atoms with Crippen LogP contribution in [0.3, 0.4) is 0 Å². The largest absolute Gasteiger partial charge is 0.420 e. The van der Waals surface area contributed by atoms with Gasteiger partial charge in [-0.2, -0.15) is 52.7 Å². The molecule has 1 atom stereocenters. The van der Waals surface area contributed by atoms with Gasteiger partial charge in [-0.05, 0) is 119 Å². The Balaban J connectivity index is 0.000000339. The quantitative estimate of drug-likeness (QED) is 0.0189. The molecule has 0 fully saturated rings. The molecule has 638 valence electrons. The second-order valence-corrected chi connectivity index (χ2v) is 26.5. The highest BCUT2D eigenvalue weighted by Crippen LogP contribution is 2.36. The fourth-order valence-electron chi connectivity index (χ4n) is 11.1. The average Bonchev–Trinajstić information content (AvgIpc) is 0.819. The number of pyridine rings is 4. The van der Waals surface area contributed by atoms with Gasteiger partial charge in [-0.25, -0.2) is 39.9 Å². The molecule has 0 saturated heterocycles. The molecule has 3 amide bonds. The minimum absolute atomic E-state index is 0. The van der Waals surface area contributed by atoms with Crippen LogP contribution in [-0.2, 0) is 110 Å². The van der Waals surface area contributed by atoms with Crippen molar-refractivity contribution < 1.29 is 81.5 Å². The molecule has 11 rings (SSSR count). The lowest BCUT2D eigenvalue weighted by Gasteiger charge is -2.14. The third-order valence-electron chi connectivity index (χ3n) is 16.9. The number of carbonyl (C=O) groups excluding carboxylic acids is 6. The molecule has 8 heterocycles. The Labute approximate surface area is 695 Å². The zero-order valence-electron chi connectivity index (χ0n) is 62.6. The maximum atomic E-state index is 13.5. The van der Waals surface area contributed by atoms with Gasteiger partial charge >= 0.3 is 24.7 Å². The molecule has 8 aromatic heterocycles. The molecule has 35 heteroatoms. The van der Waals surface area contributed by atoms with E-state index >= 15 is 0 Å². The number of nitrogens with two attached hydrogens (primary N) is 4. The van der Waals surface area contributed by atoms with Crippen molar-refractivity contribution in [2.75, 3.05) is 0 Å². The van der Waals surface area contributed by atoms with Gasteiger partial charge in [0.15, 0.2) is 17.3 Å². The van der Waals surface area contributed by atoms with Crippen molar-refractivity contribution in [3.05, 3.63) is 317 Å². The molecule has 1 unspecified atom stereocenters. The van der Waals surface area contributed by atoms with Crippen LogP contribution in [-0.4, -0.2) is 94.9 Å². The second-order valence-electron chi connectivity index (χ2n) is 26.1. The molecule has 0 bridgehead atoms. The summed E-state index contributed by atoms with van der Waals surface area (Å²) in [6.45, 7) is 5.98. The average molecular weight is 1700 g/mol. The van der Waals surface area contributed by atoms with E-state index in [2.05, 4.69) is 71.6 Å². The van der Waals surface area contributed by atoms with E-state index in [0.29, 0.717) is 62.7 Å². The van der Waals surface area contributed by atoms with E-state index in [1.54, 1.807) is 109 Å². The van der Waals surface area contributed by atoms with Gasteiger partial charge in [-0.15, -0.1) is 0 Å². The van der Waals surface area contributed by atoms with Crippen LogP contribution in [0.15, 0.2) is 171 Å². The zero-order valence-corrected chi connectivity index (χ0v) is 63.3. The van der Waals surface area contributed by atoms with E-state index in [4.69, 9.17) is 34.5 Å². The number of aryl methyl sites for hydroxylation is 4. The van der Waals surface area contributed by atoms with Crippen LogP contribution in [0, 0.1) is 11.8 Å². The first kappa shape index (κ1) is 100. The molecule has 0 aliphatic heterocycles. The number of carbonyl (C=O) groups is 6. The maximum absolute atomic E-state index is 13.5. The van der Waals surface area contributed by atoms with E-state index in [1.165, 1.54) is 51.5 Å². The van der Waals surface area contributed by atoms with E-state index < -0.39 is 75.5 Å². The van der Waals surface area contributed by atoms with E-state index in [-0.39, 0.29) is 164 Å². The van der Waals surface area contributed by atoms with Crippen molar-refractivity contribution >= 4 is 46.7 Å². The fraction of sp³-hybridized carbons (Fsp3) is 0.279. The van der Waals surface area contributed by atoms with Crippen molar-refractivity contribution in [2.45, 2.75) is 159 Å². The van der Waals surface area contributed by atoms with E-state index in [9.17, 15) is 81.5 Å². The first-order valence-electron chi connectivity index (χ1n) is 35.2. The summed E-state index contributed by atoms with van der Waals surface area (Å²) >= 11 is 5.52. The highest BCUT2D eigenvalue weighted by molar-refractivity contribution is 6.30. The monoisotopic (exact) mass is 1700 g/mol. The van der Waals surface area contributed by atoms with Crippen LogP contribution in [0.2, 0.25) is 5.15 Å². The number of alkyl halides is 12. The van der Waals surface area contributed by atoms with Crippen molar-refractivity contribution in [1.82, 2.24) is 59.8 Å². The highest BCUT2D eigenvalue weighted by Gasteiger charge is 2.38. The van der Waals surface area contributed by atoms with Gasteiger partial charge in [-0.1, -0.05) is 138 Å². The minimum atomic E-state index is -4.69. The summed E-state index contributed by atoms with van der Waals surface area (Å²) in [5, 5.41) is -0.638. The highest BCUT2D eigenvalue weighted by atomic mass is 35.5. The molecule has 3 aromatic carbocycles. The van der Waals surface area contributed by atoms with Crippen LogP contribution in [0.5, 0.6) is 0 Å². The number of ketones is 3. The first-order chi connectivity index (χ1) is 55.2. The number of hydrogen-bond donors (Lipinski definition) is 4. The Morgan fingerprint density at radius 1 is 0.364 bits per heavy atom. The number of aromatic nitrogens is 12. The molecule has 0 aliphatic carbocycles. The smallest absolute Gasteiger partial charge is 0.369 e. The Morgan fingerprint density at radius 2 is 0.678 bits per heavy atom. The van der Waals surface area contributed by atoms with Crippen molar-refractivity contribution in [2.24, 2.45) is 22.9 Å². The van der Waals surface area contributed by atoms with Gasteiger partial charge < -0.3 is 22.9 Å². The molecular formula is C86H87ClF12N16O6. The molecule has 22 nitrogen and oxygen atoms in total. The van der Waals surface area contributed by atoms with Gasteiger partial charge in [0.1, 0.15) is 62.4 Å². The van der Waals surface area contributed by atoms with E-state index in [0.717, 1.165) is 34.8 Å². The third kappa shape index (κ3) is 31.0. The normalized spacial score (nSPS) is 11.2. The number of nitrogens with zero attached hydrogens (tertiary/aromatic N) is 12. The van der Waals surface area contributed by atoms with Crippen LogP contribution >= 0.6 is 11.6 Å². The van der Waals surface area contributed by atoms with Crippen molar-refractivity contribution in [3.8, 4) is 11.8 Å². The van der Waals surface area contributed by atoms with Gasteiger partial charge in [0, 0.05) is 108 Å². The van der Waals surface area contributed by atoms with Crippen LogP contribution in [0.1, 0.15) is 219 Å². The summed E-state index contributed by atoms with van der Waals surface area (Å²) in [5.41, 5.74) is 25.1. The Morgan fingerprint density at radius 3 is 1.00 bits per heavy atom. The molecular weight excluding hydrogens is 1620 g/mol. The predicted octanol–water partition coefficient (Wildman–Crippen LogP) is 15.8. The molecule has 11 aromatic rings. The molecule has 0 saturated carbocycles. The summed E-state index contributed by atoms with van der Waals surface area (Å²) in [4.78, 5) is 115. The van der Waals surface area contributed by atoms with Crippen LogP contribution in [0.4, 0.5) is 52.7 Å². The molecule has 8 N–H and O–H groups in total. The summed E-state index contributed by atoms with van der Waals surface area (Å²) in [7, 11) is 0. The third-order valence-corrected chi connectivity index (χ3v) is 17.2. The number of benzene rings is 3. The predicted molar refractivity (Wildman–Crippen MR) is 430 cm³/mol. The van der Waals surface area contributed by atoms with Crippen LogP contribution < -0.4 is 22.9 Å². The van der Waals surface area contributed by atoms with Gasteiger partial charge in [0.2, 0.25) is 17.7 Å². The number of rotatable bonds is 24. The number of primary amides is 3. The summed E-state index contributed by atoms with van der Waals surface area (Å²) in [5.74, 6) is 3.74. The molecule has 0 spiro atoms. The van der Waals surface area contributed by atoms with Gasteiger partial charge in [0.25, 0.3) is 0 Å². The lowest BCUT2D eigenvalue weighted by Crippen LogP contribution is -2.16. The summed E-state index contributed by atoms with van der Waals surface area (Å²) in [6, 6.07) is 33.5. The number of hydrogen-bond acceptors (Lipinski definition) is 19. The Hall–Kier alpha value is -13.0. The Bertz CT molecular complexity index is 5440. The molecule has 121 heavy (non-hydrogen) atoms. The maximum Gasteiger partial charge on any atom is 0.420 e. The Kier molecular flexibility index (Phi) is 37.5. The van der Waals surface area contributed by atoms with Crippen molar-refractivity contribution in [1.29, 1.82) is 0 Å². The fourth-order valence-corrected chi connectivity index (χ4v) is 11.4. The lowest BCUT2D eigenvalue weighted by molar-refractivity contribution is -0.139. The van der Waals surface area contributed by atoms with Crippen molar-refractivity contribution in [3.63, 3.8) is 0 Å². The number of Topliss-reactive ketones (excluding diaryl/α,β-unsaturated/α-hetero) is 3. The lowest BCUT2D eigenvalue weighted by atomic mass is 9.98. The molecule has 0 radical (unpaired) electrons. The number of amides is 3. The van der Waals surface area contributed by atoms with E-state index in [1.807, 2.05) is 13.0 Å². The van der Waals surface area contributed by atoms with Gasteiger partial charge in [0.05, 0.1) is 47.5 Å². The van der Waals surface area contributed by atoms with Gasteiger partial charge in [-0.3, -0.25) is 48.7 Å². The minimum Gasteiger partial charge on any atom is -0.369 e. The summed E-state index contributed by atoms with van der Waals surface area (Å²) in [6.07, 6.45) is -8.20. The standard InChI is InChI=1S/C23H24F3N5O.C23H21F3N4O2.C23H17F3N4O2.C13H9ClF3N3O.4CH4/c1-14(27)19-8-6-15(12-29-19)10-22-30-13-18(23(24,25)26)20(31-22)9-7-16-4-2-3-5-17(16)11-21(28)32;2*1-14(31)19-8-6-15(12-28-19)10-22-29-13-18(23(24,25)26)20(30-22)9-7-16-4-2-3-5-17(16)11-21(27)32;1-7(21)10-3-2-8(5-18-10)4-11-19-6-9(12(14)20-11)13(15,16)17;;;;/h2-6,8,12-14H,7,9-11,27H2,1H3,(H2,28,32);2-6,8,12-13H,7,9-11H2,1H3,(H2,27,32);2-6,8,12-13H,10-11H2,1H3,(H2,27,32);2-3,5-6H,4H2,1H3;4*1H4. The summed E-state index contributed by atoms with van der Waals surface area (Å²) < 4.78 is 159. The topological polar surface area (TPSA) is 361 Å². The first-order valence-corrected chi connectivity index (χ1v) is 35.6.